The molecule has 0 aliphatic rings. The van der Waals surface area contributed by atoms with Gasteiger partial charge in [0.1, 0.15) is 6.33 Å². The lowest BCUT2D eigenvalue weighted by atomic mass is 10.3. The average Bonchev–Trinajstić information content (AvgIpc) is 2.76. The molecule has 0 saturated carbocycles. The van der Waals surface area contributed by atoms with E-state index in [0.29, 0.717) is 16.0 Å². The lowest BCUT2D eigenvalue weighted by molar-refractivity contribution is 0.578. The van der Waals surface area contributed by atoms with Crippen molar-refractivity contribution < 1.29 is 8.42 Å². The van der Waals surface area contributed by atoms with E-state index >= 15 is 0 Å². The highest BCUT2D eigenvalue weighted by Crippen LogP contribution is 2.22. The van der Waals surface area contributed by atoms with Crippen LogP contribution in [0.4, 0.5) is 5.69 Å². The number of hydrogen-bond donors (Lipinski definition) is 2. The van der Waals surface area contributed by atoms with Crippen molar-refractivity contribution in [3.05, 3.63) is 34.8 Å². The summed E-state index contributed by atoms with van der Waals surface area (Å²) in [5, 5.41) is 3.99. The van der Waals surface area contributed by atoms with Crippen LogP contribution in [0.5, 0.6) is 0 Å². The SMILES string of the molecule is Cn1cnc(CNS(=O)(=O)c2ccc(Br)c(N)c2)n1. The lowest BCUT2D eigenvalue weighted by Crippen LogP contribution is -2.24. The third-order valence-electron chi connectivity index (χ3n) is 2.35. The summed E-state index contributed by atoms with van der Waals surface area (Å²) >= 11 is 3.21. The predicted molar refractivity (Wildman–Crippen MR) is 73.6 cm³/mol. The Kier molecular flexibility index (Phi) is 3.88. The molecule has 0 aliphatic heterocycles. The minimum Gasteiger partial charge on any atom is -0.398 e. The summed E-state index contributed by atoms with van der Waals surface area (Å²) < 4.78 is 28.6. The van der Waals surface area contributed by atoms with Crippen LogP contribution in [0, 0.1) is 0 Å². The number of benzene rings is 1. The molecule has 0 bridgehead atoms. The summed E-state index contributed by atoms with van der Waals surface area (Å²) in [5.74, 6) is 0.399. The smallest absolute Gasteiger partial charge is 0.241 e. The molecule has 0 saturated heterocycles. The van der Waals surface area contributed by atoms with Gasteiger partial charge in [0.25, 0.3) is 0 Å². The zero-order valence-electron chi connectivity index (χ0n) is 10.0. The van der Waals surface area contributed by atoms with Gasteiger partial charge in [-0.15, -0.1) is 0 Å². The van der Waals surface area contributed by atoms with Crippen LogP contribution in [0.3, 0.4) is 0 Å². The molecule has 0 unspecified atom stereocenters. The minimum atomic E-state index is -3.63. The number of anilines is 1. The summed E-state index contributed by atoms with van der Waals surface area (Å²) in [6, 6.07) is 4.44. The first-order valence-electron chi connectivity index (χ1n) is 5.28. The number of halogens is 1. The molecule has 0 radical (unpaired) electrons. The molecule has 0 aliphatic carbocycles. The van der Waals surface area contributed by atoms with Crippen LogP contribution in [-0.2, 0) is 23.6 Å². The van der Waals surface area contributed by atoms with E-state index < -0.39 is 10.0 Å². The van der Waals surface area contributed by atoms with Crippen LogP contribution in [-0.4, -0.2) is 23.2 Å². The normalized spacial score (nSPS) is 11.7. The highest BCUT2D eigenvalue weighted by molar-refractivity contribution is 9.10. The zero-order chi connectivity index (χ0) is 14.0. The molecule has 2 aromatic rings. The van der Waals surface area contributed by atoms with E-state index in [1.54, 1.807) is 13.1 Å². The number of nitrogens with zero attached hydrogens (tertiary/aromatic N) is 3. The quantitative estimate of drug-likeness (QED) is 0.791. The maximum Gasteiger partial charge on any atom is 0.241 e. The fraction of sp³-hybridized carbons (Fsp3) is 0.200. The van der Waals surface area contributed by atoms with Crippen molar-refractivity contribution in [2.45, 2.75) is 11.4 Å². The Morgan fingerprint density at radius 3 is 2.79 bits per heavy atom. The lowest BCUT2D eigenvalue weighted by Gasteiger charge is -2.06. The minimum absolute atomic E-state index is 0.0269. The second kappa shape index (κ2) is 5.27. The first kappa shape index (κ1) is 14.0. The summed E-state index contributed by atoms with van der Waals surface area (Å²) in [5.41, 5.74) is 6.02. The molecule has 19 heavy (non-hydrogen) atoms. The van der Waals surface area contributed by atoms with Gasteiger partial charge in [0.05, 0.1) is 11.4 Å². The molecular weight excluding hydrogens is 334 g/mol. The van der Waals surface area contributed by atoms with E-state index in [1.807, 2.05) is 0 Å². The third kappa shape index (κ3) is 3.31. The third-order valence-corrected chi connectivity index (χ3v) is 4.47. The van der Waals surface area contributed by atoms with Gasteiger partial charge in [-0.05, 0) is 34.1 Å². The van der Waals surface area contributed by atoms with Gasteiger partial charge in [-0.2, -0.15) is 5.10 Å². The van der Waals surface area contributed by atoms with E-state index in [0.717, 1.165) is 0 Å². The van der Waals surface area contributed by atoms with Crippen LogP contribution < -0.4 is 10.5 Å². The summed E-state index contributed by atoms with van der Waals surface area (Å²) in [6.07, 6.45) is 1.50. The van der Waals surface area contributed by atoms with Crippen LogP contribution in [0.1, 0.15) is 5.82 Å². The van der Waals surface area contributed by atoms with Gasteiger partial charge in [-0.25, -0.2) is 18.1 Å². The largest absolute Gasteiger partial charge is 0.398 e. The topological polar surface area (TPSA) is 103 Å². The predicted octanol–water partition coefficient (Wildman–Crippen LogP) is 0.638. The fourth-order valence-electron chi connectivity index (χ4n) is 1.40. The number of sulfonamides is 1. The van der Waals surface area contributed by atoms with Crippen molar-refractivity contribution in [1.82, 2.24) is 19.5 Å². The summed E-state index contributed by atoms with van der Waals surface area (Å²) in [4.78, 5) is 4.04. The van der Waals surface area contributed by atoms with E-state index in [4.69, 9.17) is 5.73 Å². The Morgan fingerprint density at radius 1 is 1.47 bits per heavy atom. The standard InChI is InChI=1S/C10H12BrN5O2S/c1-16-6-13-10(15-16)5-14-19(17,18)7-2-3-8(11)9(12)4-7/h2-4,6,14H,5,12H2,1H3. The zero-order valence-corrected chi connectivity index (χ0v) is 12.4. The van der Waals surface area contributed by atoms with Gasteiger partial charge >= 0.3 is 0 Å². The molecule has 0 spiro atoms. The van der Waals surface area contributed by atoms with Crippen LogP contribution >= 0.6 is 15.9 Å². The van der Waals surface area contributed by atoms with Crippen molar-refractivity contribution in [1.29, 1.82) is 0 Å². The van der Waals surface area contributed by atoms with Crippen molar-refractivity contribution in [3.63, 3.8) is 0 Å². The molecule has 0 amide bonds. The molecule has 1 heterocycles. The number of aromatic nitrogens is 3. The van der Waals surface area contributed by atoms with Gasteiger partial charge in [0.15, 0.2) is 5.82 Å². The van der Waals surface area contributed by atoms with Gasteiger partial charge in [-0.1, -0.05) is 0 Å². The van der Waals surface area contributed by atoms with E-state index in [1.165, 1.54) is 23.1 Å². The van der Waals surface area contributed by atoms with Crippen molar-refractivity contribution in [3.8, 4) is 0 Å². The molecule has 3 N–H and O–H groups in total. The first-order chi connectivity index (χ1) is 8.88. The average molecular weight is 346 g/mol. The Balaban J connectivity index is 2.16. The van der Waals surface area contributed by atoms with Gasteiger partial charge < -0.3 is 5.73 Å². The van der Waals surface area contributed by atoms with E-state index in [-0.39, 0.29) is 11.4 Å². The fourth-order valence-corrected chi connectivity index (χ4v) is 2.66. The number of nitrogens with one attached hydrogen (secondary N) is 1. The van der Waals surface area contributed by atoms with E-state index in [2.05, 4.69) is 30.7 Å². The highest BCUT2D eigenvalue weighted by Gasteiger charge is 2.15. The Labute approximate surface area is 119 Å². The van der Waals surface area contributed by atoms with Crippen molar-refractivity contribution >= 4 is 31.6 Å². The molecule has 0 atom stereocenters. The van der Waals surface area contributed by atoms with Crippen molar-refractivity contribution in [2.24, 2.45) is 7.05 Å². The Bertz CT molecular complexity index is 698. The summed E-state index contributed by atoms with van der Waals surface area (Å²) in [7, 11) is -1.92. The number of hydrogen-bond acceptors (Lipinski definition) is 5. The maximum absolute atomic E-state index is 12.0. The Hall–Kier alpha value is -1.45. The molecule has 7 nitrogen and oxygen atoms in total. The van der Waals surface area contributed by atoms with Crippen LogP contribution in [0.15, 0.2) is 33.9 Å². The molecule has 1 aromatic heterocycles. The molecule has 102 valence electrons. The number of aryl methyl sites for hydroxylation is 1. The Morgan fingerprint density at radius 2 is 2.21 bits per heavy atom. The molecular formula is C10H12BrN5O2S. The summed E-state index contributed by atoms with van der Waals surface area (Å²) in [6.45, 7) is 0.0269. The molecule has 9 heteroatoms. The second-order valence-corrected chi connectivity index (χ2v) is 6.46. The van der Waals surface area contributed by atoms with Gasteiger partial charge in [-0.3, -0.25) is 4.68 Å². The van der Waals surface area contributed by atoms with Crippen LogP contribution in [0.25, 0.3) is 0 Å². The highest BCUT2D eigenvalue weighted by atomic mass is 79.9. The maximum atomic E-state index is 12.0. The monoisotopic (exact) mass is 345 g/mol. The number of rotatable bonds is 4. The van der Waals surface area contributed by atoms with Gasteiger partial charge in [0.2, 0.25) is 10.0 Å². The van der Waals surface area contributed by atoms with Crippen molar-refractivity contribution in [2.75, 3.05) is 5.73 Å². The second-order valence-electron chi connectivity index (χ2n) is 3.84. The number of nitrogen functional groups attached to an aromatic ring is 1. The molecule has 0 fully saturated rings. The number of nitrogens with two attached hydrogens (primary N) is 1. The molecule has 1 aromatic carbocycles. The van der Waals surface area contributed by atoms with Gasteiger partial charge in [0, 0.05) is 17.2 Å². The molecule has 2 rings (SSSR count). The van der Waals surface area contributed by atoms with Crippen LogP contribution in [0.2, 0.25) is 0 Å². The van der Waals surface area contributed by atoms with E-state index in [9.17, 15) is 8.42 Å². The first-order valence-corrected chi connectivity index (χ1v) is 7.55.